The van der Waals surface area contributed by atoms with E-state index < -0.39 is 6.23 Å². The minimum atomic E-state index is -0.467. The highest BCUT2D eigenvalue weighted by Crippen LogP contribution is 2.34. The van der Waals surface area contributed by atoms with Crippen LogP contribution in [0.3, 0.4) is 0 Å². The van der Waals surface area contributed by atoms with E-state index in [9.17, 15) is 10.2 Å². The van der Waals surface area contributed by atoms with Gasteiger partial charge < -0.3 is 20.0 Å². The molecule has 1 saturated heterocycles. The van der Waals surface area contributed by atoms with Crippen molar-refractivity contribution in [3.63, 3.8) is 0 Å². The van der Waals surface area contributed by atoms with E-state index in [1.807, 2.05) is 29.2 Å². The first-order valence-corrected chi connectivity index (χ1v) is 11.5. The summed E-state index contributed by atoms with van der Waals surface area (Å²) in [5.41, 5.74) is 3.19. The van der Waals surface area contributed by atoms with E-state index in [0.29, 0.717) is 10.0 Å². The number of unbranched alkanes of at least 4 members (excludes halogenated alkanes) is 1. The quantitative estimate of drug-likeness (QED) is 0.641. The van der Waals surface area contributed by atoms with Gasteiger partial charge in [0.1, 0.15) is 12.0 Å². The van der Waals surface area contributed by atoms with Gasteiger partial charge in [-0.2, -0.15) is 0 Å². The van der Waals surface area contributed by atoms with Crippen molar-refractivity contribution in [3.05, 3.63) is 52.0 Å². The summed E-state index contributed by atoms with van der Waals surface area (Å²) in [4.78, 5) is 6.83. The number of aliphatic hydroxyl groups excluding tert-OH is 1. The maximum absolute atomic E-state index is 10.4. The summed E-state index contributed by atoms with van der Waals surface area (Å²) in [6.07, 6.45) is 3.21. The third kappa shape index (κ3) is 4.80. The van der Waals surface area contributed by atoms with Gasteiger partial charge >= 0.3 is 0 Å². The van der Waals surface area contributed by atoms with Crippen molar-refractivity contribution < 1.29 is 10.2 Å². The molecule has 0 unspecified atom stereocenters. The molecule has 0 spiro atoms. The van der Waals surface area contributed by atoms with Crippen LogP contribution in [-0.2, 0) is 6.42 Å². The Morgan fingerprint density at radius 3 is 2.50 bits per heavy atom. The van der Waals surface area contributed by atoms with Crippen LogP contribution in [0.1, 0.15) is 24.8 Å². The molecule has 2 heterocycles. The van der Waals surface area contributed by atoms with Crippen molar-refractivity contribution in [2.24, 2.45) is 0 Å². The number of hydrogen-bond acceptors (Lipinski definition) is 5. The van der Waals surface area contributed by atoms with Gasteiger partial charge in [-0.05, 0) is 56.0 Å². The molecule has 0 bridgehead atoms. The van der Waals surface area contributed by atoms with Gasteiger partial charge in [-0.3, -0.25) is 4.90 Å². The van der Waals surface area contributed by atoms with Gasteiger partial charge in [0.25, 0.3) is 0 Å². The fraction of sp³-hybridized carbons (Fsp3) is 0.478. The van der Waals surface area contributed by atoms with Gasteiger partial charge in [0, 0.05) is 44.5 Å². The van der Waals surface area contributed by atoms with Gasteiger partial charge in [0.2, 0.25) is 0 Å². The second-order valence-corrected chi connectivity index (χ2v) is 8.92. The maximum atomic E-state index is 10.4. The van der Waals surface area contributed by atoms with Crippen LogP contribution in [0.2, 0.25) is 10.0 Å². The highest BCUT2D eigenvalue weighted by Gasteiger charge is 2.25. The zero-order valence-corrected chi connectivity index (χ0v) is 18.6. The maximum Gasteiger partial charge on any atom is 0.127 e. The topological polar surface area (TPSA) is 50.2 Å². The molecule has 0 aromatic heterocycles. The van der Waals surface area contributed by atoms with Gasteiger partial charge in [-0.1, -0.05) is 35.3 Å². The Hall–Kier alpha value is -1.66. The number of fused-ring (bicyclic) bond motifs is 1. The third-order valence-corrected chi connectivity index (χ3v) is 6.99. The number of rotatable bonds is 6. The molecule has 2 aromatic carbocycles. The number of aliphatic hydroxyl groups is 1. The first-order chi connectivity index (χ1) is 14.5. The molecule has 1 fully saturated rings. The number of aromatic hydroxyl groups is 1. The molecule has 5 nitrogen and oxygen atoms in total. The first kappa shape index (κ1) is 21.6. The van der Waals surface area contributed by atoms with Crippen LogP contribution in [0.4, 0.5) is 11.4 Å². The molecular weight excluding hydrogens is 421 g/mol. The van der Waals surface area contributed by atoms with Crippen LogP contribution in [0.5, 0.6) is 5.75 Å². The van der Waals surface area contributed by atoms with Crippen LogP contribution in [-0.4, -0.2) is 60.6 Å². The Labute approximate surface area is 188 Å². The van der Waals surface area contributed by atoms with Crippen molar-refractivity contribution in [1.29, 1.82) is 0 Å². The van der Waals surface area contributed by atoms with Crippen LogP contribution in [0, 0.1) is 0 Å². The molecule has 2 aliphatic rings. The summed E-state index contributed by atoms with van der Waals surface area (Å²) < 4.78 is 0. The lowest BCUT2D eigenvalue weighted by molar-refractivity contribution is 0.152. The summed E-state index contributed by atoms with van der Waals surface area (Å²) in [5.74, 6) is 0.255. The lowest BCUT2D eigenvalue weighted by Crippen LogP contribution is -2.47. The second kappa shape index (κ2) is 9.65. The molecule has 1 atom stereocenters. The molecule has 0 amide bonds. The van der Waals surface area contributed by atoms with Crippen molar-refractivity contribution in [1.82, 2.24) is 4.90 Å². The Morgan fingerprint density at radius 2 is 1.70 bits per heavy atom. The molecule has 7 heteroatoms. The van der Waals surface area contributed by atoms with Crippen molar-refractivity contribution >= 4 is 34.6 Å². The van der Waals surface area contributed by atoms with E-state index in [2.05, 4.69) is 9.80 Å². The Balaban J connectivity index is 1.24. The predicted octanol–water partition coefficient (Wildman–Crippen LogP) is 4.37. The number of aryl methyl sites for hydroxylation is 1. The fourth-order valence-electron chi connectivity index (χ4n) is 4.47. The number of hydrogen-bond donors (Lipinski definition) is 2. The SMILES string of the molecule is Oc1ccc2c(c1)N(CCCCN1CCN(c3cccc(Cl)c3Cl)CC1)[C@@H](O)CC2. The fourth-order valence-corrected chi connectivity index (χ4v) is 4.88. The van der Waals surface area contributed by atoms with E-state index in [-0.39, 0.29) is 5.75 Å². The Bertz CT molecular complexity index is 872. The first-order valence-electron chi connectivity index (χ1n) is 10.7. The van der Waals surface area contributed by atoms with E-state index in [1.54, 1.807) is 12.1 Å². The highest BCUT2D eigenvalue weighted by molar-refractivity contribution is 6.43. The van der Waals surface area contributed by atoms with Gasteiger partial charge in [-0.15, -0.1) is 0 Å². The van der Waals surface area contributed by atoms with Gasteiger partial charge in [0.05, 0.1) is 15.7 Å². The minimum absolute atomic E-state index is 0.255. The standard InChI is InChI=1S/C23H29Cl2N3O2/c24-19-4-3-5-20(23(19)25)27-14-12-26(13-15-27)10-1-2-11-28-21-16-18(29)8-6-17(21)7-9-22(28)30/h3-6,8,16,22,29-30H,1-2,7,9-15H2/t22-/m0/s1. The molecule has 4 rings (SSSR count). The van der Waals surface area contributed by atoms with E-state index in [1.165, 1.54) is 5.56 Å². The molecule has 30 heavy (non-hydrogen) atoms. The summed E-state index contributed by atoms with van der Waals surface area (Å²) in [7, 11) is 0. The number of anilines is 2. The molecule has 0 saturated carbocycles. The Morgan fingerprint density at radius 1 is 0.933 bits per heavy atom. The lowest BCUT2D eigenvalue weighted by Gasteiger charge is -2.37. The molecule has 0 radical (unpaired) electrons. The molecule has 162 valence electrons. The lowest BCUT2D eigenvalue weighted by atomic mass is 10.00. The van der Waals surface area contributed by atoms with E-state index in [4.69, 9.17) is 23.2 Å². The van der Waals surface area contributed by atoms with Gasteiger partial charge in [-0.25, -0.2) is 0 Å². The number of halogens is 2. The zero-order valence-electron chi connectivity index (χ0n) is 17.1. The number of piperazine rings is 1. The number of phenolic OH excluding ortho intramolecular Hbond substituents is 1. The monoisotopic (exact) mass is 449 g/mol. The normalized spacial score (nSPS) is 19.8. The van der Waals surface area contributed by atoms with Crippen LogP contribution >= 0.6 is 23.2 Å². The molecule has 2 aromatic rings. The van der Waals surface area contributed by atoms with Crippen LogP contribution < -0.4 is 9.80 Å². The molecular formula is C23H29Cl2N3O2. The second-order valence-electron chi connectivity index (χ2n) is 8.13. The molecule has 0 aliphatic carbocycles. The van der Waals surface area contributed by atoms with Crippen LogP contribution in [0.15, 0.2) is 36.4 Å². The average Bonchev–Trinajstić information content (AvgIpc) is 2.75. The summed E-state index contributed by atoms with van der Waals surface area (Å²) >= 11 is 12.5. The van der Waals surface area contributed by atoms with Crippen molar-refractivity contribution in [2.75, 3.05) is 49.1 Å². The summed E-state index contributed by atoms with van der Waals surface area (Å²) in [5, 5.41) is 21.5. The number of benzene rings is 2. The van der Waals surface area contributed by atoms with Gasteiger partial charge in [0.15, 0.2) is 0 Å². The average molecular weight is 450 g/mol. The number of nitrogens with zero attached hydrogens (tertiary/aromatic N) is 3. The summed E-state index contributed by atoms with van der Waals surface area (Å²) in [6.45, 7) is 5.75. The summed E-state index contributed by atoms with van der Waals surface area (Å²) in [6, 6.07) is 11.3. The largest absolute Gasteiger partial charge is 0.508 e. The highest BCUT2D eigenvalue weighted by atomic mass is 35.5. The molecule has 2 aliphatic heterocycles. The van der Waals surface area contributed by atoms with Crippen molar-refractivity contribution in [3.8, 4) is 5.75 Å². The van der Waals surface area contributed by atoms with Crippen molar-refractivity contribution in [2.45, 2.75) is 31.9 Å². The zero-order chi connectivity index (χ0) is 21.1. The van der Waals surface area contributed by atoms with E-state index >= 15 is 0 Å². The smallest absolute Gasteiger partial charge is 0.127 e. The third-order valence-electron chi connectivity index (χ3n) is 6.18. The number of phenols is 1. The molecule has 2 N–H and O–H groups in total. The minimum Gasteiger partial charge on any atom is -0.508 e. The van der Waals surface area contributed by atoms with E-state index in [0.717, 1.165) is 76.3 Å². The predicted molar refractivity (Wildman–Crippen MR) is 124 cm³/mol. The van der Waals surface area contributed by atoms with Crippen LogP contribution in [0.25, 0.3) is 0 Å². The Kier molecular flexibility index (Phi) is 6.94.